The molecule has 1 aromatic heterocycles. The Labute approximate surface area is 166 Å². The Kier molecular flexibility index (Phi) is 5.98. The van der Waals surface area contributed by atoms with Crippen LogP contribution >= 0.6 is 22.9 Å². The topological polar surface area (TPSA) is 60.5 Å². The molecule has 0 fully saturated rings. The number of hydrogen-bond acceptors (Lipinski definition) is 5. The highest BCUT2D eigenvalue weighted by Crippen LogP contribution is 2.30. The number of thiazole rings is 1. The number of aromatic nitrogens is 1. The molecule has 3 aromatic rings. The second-order valence-electron chi connectivity index (χ2n) is 5.82. The molecule has 0 atom stereocenters. The van der Waals surface area contributed by atoms with Crippen molar-refractivity contribution in [1.29, 1.82) is 0 Å². The van der Waals surface area contributed by atoms with Crippen LogP contribution < -0.4 is 14.8 Å². The first-order valence-electron chi connectivity index (χ1n) is 8.24. The minimum absolute atomic E-state index is 0.159. The van der Waals surface area contributed by atoms with Gasteiger partial charge in [0.15, 0.2) is 11.5 Å². The van der Waals surface area contributed by atoms with Gasteiger partial charge in [0.25, 0.3) is 5.91 Å². The molecule has 1 amide bonds. The van der Waals surface area contributed by atoms with Crippen molar-refractivity contribution in [2.75, 3.05) is 14.2 Å². The minimum Gasteiger partial charge on any atom is -0.493 e. The van der Waals surface area contributed by atoms with Crippen molar-refractivity contribution in [2.24, 2.45) is 0 Å². The third-order valence-corrected chi connectivity index (χ3v) is 5.42. The molecule has 0 saturated carbocycles. The number of methoxy groups -OCH3 is 2. The molecule has 0 radical (unpaired) electrons. The highest BCUT2D eigenvalue weighted by Gasteiger charge is 2.16. The quantitative estimate of drug-likeness (QED) is 0.648. The Hall–Kier alpha value is -2.57. The molecular weight excluding hydrogens is 384 g/mol. The van der Waals surface area contributed by atoms with E-state index in [1.807, 2.05) is 49.4 Å². The van der Waals surface area contributed by atoms with Gasteiger partial charge >= 0.3 is 0 Å². The number of halogens is 1. The summed E-state index contributed by atoms with van der Waals surface area (Å²) >= 11 is 7.40. The smallest absolute Gasteiger partial charge is 0.263 e. The lowest BCUT2D eigenvalue weighted by molar-refractivity contribution is 0.0954. The van der Waals surface area contributed by atoms with E-state index in [2.05, 4.69) is 10.3 Å². The van der Waals surface area contributed by atoms with E-state index < -0.39 is 0 Å². The molecule has 140 valence electrons. The summed E-state index contributed by atoms with van der Waals surface area (Å²) in [6, 6.07) is 13.0. The van der Waals surface area contributed by atoms with Crippen LogP contribution in [0.2, 0.25) is 5.02 Å². The average molecular weight is 403 g/mol. The van der Waals surface area contributed by atoms with Crippen LogP contribution in [0.5, 0.6) is 11.5 Å². The van der Waals surface area contributed by atoms with Gasteiger partial charge in [-0.05, 0) is 36.8 Å². The number of nitrogens with zero attached hydrogens (tertiary/aromatic N) is 1. The summed E-state index contributed by atoms with van der Waals surface area (Å²) in [6.45, 7) is 2.21. The van der Waals surface area contributed by atoms with Crippen LogP contribution in [0.3, 0.4) is 0 Å². The number of carbonyl (C=O) groups is 1. The van der Waals surface area contributed by atoms with Gasteiger partial charge < -0.3 is 14.8 Å². The van der Waals surface area contributed by atoms with E-state index in [1.54, 1.807) is 14.2 Å². The zero-order valence-electron chi connectivity index (χ0n) is 15.2. The molecule has 0 saturated heterocycles. The number of aryl methyl sites for hydroxylation is 1. The van der Waals surface area contributed by atoms with Crippen molar-refractivity contribution in [1.82, 2.24) is 10.3 Å². The predicted molar refractivity (Wildman–Crippen MR) is 108 cm³/mol. The second kappa shape index (κ2) is 8.41. The molecule has 3 rings (SSSR count). The van der Waals surface area contributed by atoms with E-state index in [0.717, 1.165) is 16.1 Å². The molecule has 7 heteroatoms. The number of carbonyl (C=O) groups excluding carboxylic acids is 1. The van der Waals surface area contributed by atoms with Crippen molar-refractivity contribution in [3.8, 4) is 22.1 Å². The van der Waals surface area contributed by atoms with Gasteiger partial charge in [-0.3, -0.25) is 4.79 Å². The summed E-state index contributed by atoms with van der Waals surface area (Å²) in [5, 5.41) is 4.34. The van der Waals surface area contributed by atoms with Gasteiger partial charge in [-0.25, -0.2) is 4.98 Å². The zero-order valence-corrected chi connectivity index (χ0v) is 16.8. The molecule has 0 aliphatic heterocycles. The van der Waals surface area contributed by atoms with Crippen molar-refractivity contribution in [3.63, 3.8) is 0 Å². The fourth-order valence-electron chi connectivity index (χ4n) is 2.61. The zero-order chi connectivity index (χ0) is 19.4. The fourth-order valence-corrected chi connectivity index (χ4v) is 3.77. The first kappa shape index (κ1) is 19.2. The molecule has 0 spiro atoms. The second-order valence-corrected chi connectivity index (χ2v) is 7.25. The molecule has 0 unspecified atom stereocenters. The van der Waals surface area contributed by atoms with Crippen LogP contribution in [0.1, 0.15) is 20.9 Å². The number of benzene rings is 2. The minimum atomic E-state index is -0.159. The summed E-state index contributed by atoms with van der Waals surface area (Å²) in [4.78, 5) is 17.7. The number of rotatable bonds is 6. The van der Waals surface area contributed by atoms with Gasteiger partial charge in [0.05, 0.1) is 19.9 Å². The number of hydrogen-bond donors (Lipinski definition) is 1. The van der Waals surface area contributed by atoms with Crippen LogP contribution in [0.25, 0.3) is 10.6 Å². The highest BCUT2D eigenvalue weighted by molar-refractivity contribution is 7.17. The maximum atomic E-state index is 12.6. The number of ether oxygens (including phenoxy) is 2. The van der Waals surface area contributed by atoms with Crippen LogP contribution in [0, 0.1) is 6.92 Å². The lowest BCUT2D eigenvalue weighted by Gasteiger charge is -2.10. The standard InChI is InChI=1S/C20H19ClN2O3S/c1-12-18(27-20(23-12)14-5-4-6-15(21)10-14)19(24)22-11-13-7-8-16(25-2)17(9-13)26-3/h4-10H,11H2,1-3H3,(H,22,24). The summed E-state index contributed by atoms with van der Waals surface area (Å²) in [6.07, 6.45) is 0. The van der Waals surface area contributed by atoms with Gasteiger partial charge in [0, 0.05) is 17.1 Å². The van der Waals surface area contributed by atoms with Gasteiger partial charge in [-0.1, -0.05) is 29.8 Å². The van der Waals surface area contributed by atoms with E-state index in [-0.39, 0.29) is 5.91 Å². The summed E-state index contributed by atoms with van der Waals surface area (Å²) in [5.41, 5.74) is 2.51. The lowest BCUT2D eigenvalue weighted by atomic mass is 10.2. The Morgan fingerprint density at radius 3 is 2.63 bits per heavy atom. The molecule has 1 heterocycles. The van der Waals surface area contributed by atoms with E-state index >= 15 is 0 Å². The van der Waals surface area contributed by atoms with E-state index in [0.29, 0.717) is 33.6 Å². The molecule has 0 aliphatic rings. The molecule has 27 heavy (non-hydrogen) atoms. The Morgan fingerprint density at radius 1 is 1.15 bits per heavy atom. The van der Waals surface area contributed by atoms with E-state index in [1.165, 1.54) is 11.3 Å². The largest absolute Gasteiger partial charge is 0.493 e. The molecule has 2 aromatic carbocycles. The third kappa shape index (κ3) is 4.40. The van der Waals surface area contributed by atoms with E-state index in [4.69, 9.17) is 21.1 Å². The van der Waals surface area contributed by atoms with Crippen molar-refractivity contribution in [2.45, 2.75) is 13.5 Å². The van der Waals surface area contributed by atoms with Crippen LogP contribution in [0.4, 0.5) is 0 Å². The maximum absolute atomic E-state index is 12.6. The monoisotopic (exact) mass is 402 g/mol. The van der Waals surface area contributed by atoms with Crippen LogP contribution in [-0.4, -0.2) is 25.1 Å². The van der Waals surface area contributed by atoms with Gasteiger partial charge in [0.1, 0.15) is 9.88 Å². The van der Waals surface area contributed by atoms with Crippen molar-refractivity contribution >= 4 is 28.8 Å². The average Bonchev–Trinajstić information content (AvgIpc) is 3.07. The normalized spacial score (nSPS) is 10.5. The highest BCUT2D eigenvalue weighted by atomic mass is 35.5. The van der Waals surface area contributed by atoms with Crippen molar-refractivity contribution in [3.05, 3.63) is 63.6 Å². The maximum Gasteiger partial charge on any atom is 0.263 e. The van der Waals surface area contributed by atoms with Crippen molar-refractivity contribution < 1.29 is 14.3 Å². The Bertz CT molecular complexity index is 972. The summed E-state index contributed by atoms with van der Waals surface area (Å²) in [5.74, 6) is 1.12. The van der Waals surface area contributed by atoms with Crippen LogP contribution in [0.15, 0.2) is 42.5 Å². The molecule has 5 nitrogen and oxygen atoms in total. The summed E-state index contributed by atoms with van der Waals surface area (Å²) in [7, 11) is 3.17. The summed E-state index contributed by atoms with van der Waals surface area (Å²) < 4.78 is 10.5. The molecular formula is C20H19ClN2O3S. The number of amides is 1. The first-order chi connectivity index (χ1) is 13.0. The predicted octanol–water partition coefficient (Wildman–Crippen LogP) is 4.72. The Balaban J connectivity index is 1.73. The van der Waals surface area contributed by atoms with Gasteiger partial charge in [-0.15, -0.1) is 11.3 Å². The lowest BCUT2D eigenvalue weighted by Crippen LogP contribution is -2.22. The first-order valence-corrected chi connectivity index (χ1v) is 9.43. The Morgan fingerprint density at radius 2 is 1.93 bits per heavy atom. The fraction of sp³-hybridized carbons (Fsp3) is 0.200. The van der Waals surface area contributed by atoms with Gasteiger partial charge in [-0.2, -0.15) is 0 Å². The van der Waals surface area contributed by atoms with Gasteiger partial charge in [0.2, 0.25) is 0 Å². The SMILES string of the molecule is COc1ccc(CNC(=O)c2sc(-c3cccc(Cl)c3)nc2C)cc1OC. The third-order valence-electron chi connectivity index (χ3n) is 3.98. The molecule has 0 aliphatic carbocycles. The molecule has 0 bridgehead atoms. The van der Waals surface area contributed by atoms with E-state index in [9.17, 15) is 4.79 Å². The molecule has 1 N–H and O–H groups in total. The number of nitrogens with one attached hydrogen (secondary N) is 1. The van der Waals surface area contributed by atoms with Crippen LogP contribution in [-0.2, 0) is 6.54 Å².